The second kappa shape index (κ2) is 6.59. The Hall–Kier alpha value is -2.64. The first-order valence-electron chi connectivity index (χ1n) is 8.11. The zero-order valence-corrected chi connectivity index (χ0v) is 15.4. The number of sulfonamides is 1. The Labute approximate surface area is 156 Å². The number of amides is 1. The van der Waals surface area contributed by atoms with E-state index in [4.69, 9.17) is 0 Å². The number of benzene rings is 2. The van der Waals surface area contributed by atoms with E-state index in [1.54, 1.807) is 53.4 Å². The SMILES string of the molecule is O=C(c1cccs1)N1CCc2ccc(NS(=O)(=O)c3ccccc3)cc21. The van der Waals surface area contributed by atoms with Crippen molar-refractivity contribution < 1.29 is 13.2 Å². The van der Waals surface area contributed by atoms with E-state index < -0.39 is 10.0 Å². The number of anilines is 2. The van der Waals surface area contributed by atoms with Gasteiger partial charge in [0.15, 0.2) is 0 Å². The molecule has 7 heteroatoms. The van der Waals surface area contributed by atoms with Gasteiger partial charge in [0.2, 0.25) is 0 Å². The van der Waals surface area contributed by atoms with Gasteiger partial charge in [0.1, 0.15) is 0 Å². The second-order valence-electron chi connectivity index (χ2n) is 5.95. The van der Waals surface area contributed by atoms with Gasteiger partial charge in [-0.3, -0.25) is 9.52 Å². The molecule has 0 bridgehead atoms. The first-order valence-corrected chi connectivity index (χ1v) is 10.5. The lowest BCUT2D eigenvalue weighted by molar-refractivity contribution is 0.0993. The molecule has 132 valence electrons. The predicted molar refractivity (Wildman–Crippen MR) is 103 cm³/mol. The Morgan fingerprint density at radius 1 is 1.04 bits per heavy atom. The van der Waals surface area contributed by atoms with Gasteiger partial charge in [-0.2, -0.15) is 0 Å². The number of carbonyl (C=O) groups excluding carboxylic acids is 1. The van der Waals surface area contributed by atoms with Gasteiger partial charge < -0.3 is 4.90 Å². The summed E-state index contributed by atoms with van der Waals surface area (Å²) in [7, 11) is -3.66. The summed E-state index contributed by atoms with van der Waals surface area (Å²) in [6.07, 6.45) is 0.762. The maximum absolute atomic E-state index is 12.7. The number of rotatable bonds is 4. The molecule has 1 aliphatic heterocycles. The predicted octanol–water partition coefficient (Wildman–Crippen LogP) is 3.75. The minimum absolute atomic E-state index is 0.0539. The highest BCUT2D eigenvalue weighted by atomic mass is 32.2. The van der Waals surface area contributed by atoms with Crippen molar-refractivity contribution in [3.05, 3.63) is 76.5 Å². The Balaban J connectivity index is 1.63. The molecule has 4 rings (SSSR count). The highest BCUT2D eigenvalue weighted by Crippen LogP contribution is 2.33. The Bertz CT molecular complexity index is 1050. The maximum atomic E-state index is 12.7. The van der Waals surface area contributed by atoms with Gasteiger partial charge in [0.05, 0.1) is 15.5 Å². The monoisotopic (exact) mass is 384 g/mol. The van der Waals surface area contributed by atoms with E-state index in [-0.39, 0.29) is 10.8 Å². The molecule has 1 aromatic heterocycles. The third-order valence-electron chi connectivity index (χ3n) is 4.26. The van der Waals surface area contributed by atoms with E-state index in [0.29, 0.717) is 17.1 Å². The van der Waals surface area contributed by atoms with Crippen molar-refractivity contribution in [1.29, 1.82) is 0 Å². The molecule has 1 amide bonds. The first kappa shape index (κ1) is 16.8. The van der Waals surface area contributed by atoms with Gasteiger partial charge in [0, 0.05) is 12.2 Å². The summed E-state index contributed by atoms with van der Waals surface area (Å²) >= 11 is 1.40. The first-order chi connectivity index (χ1) is 12.5. The topological polar surface area (TPSA) is 66.5 Å². The molecule has 2 heterocycles. The Morgan fingerprint density at radius 3 is 2.58 bits per heavy atom. The van der Waals surface area contributed by atoms with E-state index in [9.17, 15) is 13.2 Å². The van der Waals surface area contributed by atoms with Gasteiger partial charge in [-0.05, 0) is 47.7 Å². The molecule has 5 nitrogen and oxygen atoms in total. The van der Waals surface area contributed by atoms with Crippen LogP contribution in [0.4, 0.5) is 11.4 Å². The van der Waals surface area contributed by atoms with Crippen molar-refractivity contribution >= 4 is 38.6 Å². The number of hydrogen-bond donors (Lipinski definition) is 1. The van der Waals surface area contributed by atoms with Crippen LogP contribution in [-0.2, 0) is 16.4 Å². The van der Waals surface area contributed by atoms with Crippen LogP contribution in [0, 0.1) is 0 Å². The van der Waals surface area contributed by atoms with Gasteiger partial charge in [0.25, 0.3) is 15.9 Å². The largest absolute Gasteiger partial charge is 0.307 e. The fourth-order valence-electron chi connectivity index (χ4n) is 3.00. The molecule has 0 saturated heterocycles. The average Bonchev–Trinajstić information content (AvgIpc) is 3.31. The third-order valence-corrected chi connectivity index (χ3v) is 6.52. The summed E-state index contributed by atoms with van der Waals surface area (Å²) < 4.78 is 27.6. The molecule has 0 unspecified atom stereocenters. The highest BCUT2D eigenvalue weighted by Gasteiger charge is 2.27. The molecule has 0 saturated carbocycles. The van der Waals surface area contributed by atoms with Gasteiger partial charge in [-0.25, -0.2) is 8.42 Å². The lowest BCUT2D eigenvalue weighted by atomic mass is 10.1. The Morgan fingerprint density at radius 2 is 1.85 bits per heavy atom. The molecule has 3 aromatic rings. The summed E-state index contributed by atoms with van der Waals surface area (Å²) in [5.74, 6) is -0.0539. The second-order valence-corrected chi connectivity index (χ2v) is 8.58. The van der Waals surface area contributed by atoms with Crippen LogP contribution in [0.15, 0.2) is 70.9 Å². The molecule has 0 spiro atoms. The third kappa shape index (κ3) is 3.11. The van der Waals surface area contributed by atoms with E-state index >= 15 is 0 Å². The summed E-state index contributed by atoms with van der Waals surface area (Å²) in [5.41, 5.74) is 2.24. The molecule has 1 N–H and O–H groups in total. The average molecular weight is 384 g/mol. The van der Waals surface area contributed by atoms with Crippen LogP contribution in [0.2, 0.25) is 0 Å². The van der Waals surface area contributed by atoms with Gasteiger partial charge >= 0.3 is 0 Å². The summed E-state index contributed by atoms with van der Waals surface area (Å²) in [6.45, 7) is 0.598. The fraction of sp³-hybridized carbons (Fsp3) is 0.105. The number of thiophene rings is 1. The van der Waals surface area contributed by atoms with Crippen molar-refractivity contribution in [2.45, 2.75) is 11.3 Å². The molecule has 0 aliphatic carbocycles. The molecular formula is C19H16N2O3S2. The van der Waals surface area contributed by atoms with Crippen LogP contribution >= 0.6 is 11.3 Å². The molecule has 0 radical (unpaired) electrons. The van der Waals surface area contributed by atoms with Crippen LogP contribution in [0.5, 0.6) is 0 Å². The minimum Gasteiger partial charge on any atom is -0.307 e. The summed E-state index contributed by atoms with van der Waals surface area (Å²) in [5, 5.41) is 1.87. The minimum atomic E-state index is -3.66. The zero-order valence-electron chi connectivity index (χ0n) is 13.8. The molecular weight excluding hydrogens is 368 g/mol. The van der Waals surface area contributed by atoms with Crippen molar-refractivity contribution in [3.63, 3.8) is 0 Å². The van der Waals surface area contributed by atoms with Crippen molar-refractivity contribution in [3.8, 4) is 0 Å². The molecule has 2 aromatic carbocycles. The molecule has 0 atom stereocenters. The van der Waals surface area contributed by atoms with Crippen molar-refractivity contribution in [2.24, 2.45) is 0 Å². The molecule has 26 heavy (non-hydrogen) atoms. The lowest BCUT2D eigenvalue weighted by Gasteiger charge is -2.17. The van der Waals surface area contributed by atoms with E-state index in [1.165, 1.54) is 11.3 Å². The van der Waals surface area contributed by atoms with Crippen LogP contribution in [0.25, 0.3) is 0 Å². The normalized spacial score (nSPS) is 13.5. The van der Waals surface area contributed by atoms with Crippen molar-refractivity contribution in [1.82, 2.24) is 0 Å². The van der Waals surface area contributed by atoms with Crippen LogP contribution < -0.4 is 9.62 Å². The summed E-state index contributed by atoms with van der Waals surface area (Å²) in [4.78, 5) is 15.3. The number of hydrogen-bond acceptors (Lipinski definition) is 4. The van der Waals surface area contributed by atoms with E-state index in [0.717, 1.165) is 17.7 Å². The number of fused-ring (bicyclic) bond motifs is 1. The standard InChI is InChI=1S/C19H16N2O3S2/c22-19(18-7-4-12-25-18)21-11-10-14-8-9-15(13-17(14)21)20-26(23,24)16-5-2-1-3-6-16/h1-9,12-13,20H,10-11H2. The van der Waals surface area contributed by atoms with Crippen LogP contribution in [0.3, 0.4) is 0 Å². The van der Waals surface area contributed by atoms with Gasteiger partial charge in [-0.1, -0.05) is 30.3 Å². The summed E-state index contributed by atoms with van der Waals surface area (Å²) in [6, 6.07) is 17.2. The maximum Gasteiger partial charge on any atom is 0.268 e. The van der Waals surface area contributed by atoms with Crippen LogP contribution in [0.1, 0.15) is 15.2 Å². The number of nitrogens with one attached hydrogen (secondary N) is 1. The number of carbonyl (C=O) groups is 1. The quantitative estimate of drug-likeness (QED) is 0.745. The lowest BCUT2D eigenvalue weighted by Crippen LogP contribution is -2.28. The van der Waals surface area contributed by atoms with E-state index in [1.807, 2.05) is 17.5 Å². The van der Waals surface area contributed by atoms with Gasteiger partial charge in [-0.15, -0.1) is 11.3 Å². The molecule has 0 fully saturated rings. The van der Waals surface area contributed by atoms with Crippen LogP contribution in [-0.4, -0.2) is 20.9 Å². The zero-order chi connectivity index (χ0) is 18.1. The molecule has 1 aliphatic rings. The van der Waals surface area contributed by atoms with Crippen molar-refractivity contribution in [2.75, 3.05) is 16.2 Å². The Kier molecular flexibility index (Phi) is 4.26. The fourth-order valence-corrected chi connectivity index (χ4v) is 4.74. The highest BCUT2D eigenvalue weighted by molar-refractivity contribution is 7.92. The van der Waals surface area contributed by atoms with E-state index in [2.05, 4.69) is 4.72 Å². The number of nitrogens with zero attached hydrogens (tertiary/aromatic N) is 1. The smallest absolute Gasteiger partial charge is 0.268 e.